The highest BCUT2D eigenvalue weighted by Crippen LogP contribution is 2.28. The average molecular weight is 602 g/mol. The Bertz CT molecular complexity index is 1780. The number of nitrogens with one attached hydrogen (secondary N) is 2. The van der Waals surface area contributed by atoms with Gasteiger partial charge >= 0.3 is 12.1 Å². The Kier molecular flexibility index (Phi) is 8.74. The Hall–Kier alpha value is -4.61. The second kappa shape index (κ2) is 12.1. The number of carbonyl (C=O) groups excluding carboxylic acids is 1. The fourth-order valence-corrected chi connectivity index (χ4v) is 6.03. The summed E-state index contributed by atoms with van der Waals surface area (Å²) in [4.78, 5) is 26.7. The van der Waals surface area contributed by atoms with Crippen LogP contribution in [-0.4, -0.2) is 60.1 Å². The number of nitrogens with two attached hydrogens (primary N) is 1. The number of rotatable bonds is 6. The van der Waals surface area contributed by atoms with Crippen molar-refractivity contribution in [1.29, 1.82) is 5.26 Å². The van der Waals surface area contributed by atoms with Crippen LogP contribution in [0.1, 0.15) is 18.4 Å². The van der Waals surface area contributed by atoms with E-state index in [1.807, 2.05) is 24.3 Å². The number of hydrogen-bond acceptors (Lipinski definition) is 6. The third-order valence-corrected chi connectivity index (χ3v) is 8.18. The summed E-state index contributed by atoms with van der Waals surface area (Å²) in [6, 6.07) is 18.7. The lowest BCUT2D eigenvalue weighted by molar-refractivity contribution is -0.192. The number of anilines is 1. The Morgan fingerprint density at radius 3 is 2.52 bits per heavy atom. The maximum atomic E-state index is 13.2. The largest absolute Gasteiger partial charge is 0.490 e. The van der Waals surface area contributed by atoms with Gasteiger partial charge in [-0.25, -0.2) is 13.2 Å². The number of aromatic amines is 1. The number of carboxylic acids is 1. The van der Waals surface area contributed by atoms with Gasteiger partial charge in [0.2, 0.25) is 5.91 Å². The molecule has 1 aromatic heterocycles. The van der Waals surface area contributed by atoms with Gasteiger partial charge in [0.1, 0.15) is 6.04 Å². The molecule has 10 nitrogen and oxygen atoms in total. The molecule has 1 aliphatic heterocycles. The molecule has 0 spiro atoms. The molecular weight excluding hydrogens is 575 g/mol. The van der Waals surface area contributed by atoms with Crippen LogP contribution >= 0.6 is 0 Å². The molecule has 2 heterocycles. The van der Waals surface area contributed by atoms with E-state index in [0.717, 1.165) is 28.3 Å². The van der Waals surface area contributed by atoms with Crippen molar-refractivity contribution >= 4 is 49.3 Å². The quantitative estimate of drug-likeness (QED) is 0.257. The van der Waals surface area contributed by atoms with Crippen LogP contribution in [0.5, 0.6) is 0 Å². The first-order valence-corrected chi connectivity index (χ1v) is 14.2. The van der Waals surface area contributed by atoms with Gasteiger partial charge in [-0.2, -0.15) is 18.4 Å². The second-order valence-electron chi connectivity index (χ2n) is 9.59. The average Bonchev–Trinajstić information content (AvgIpc) is 3.59. The minimum absolute atomic E-state index is 0.204. The number of halogens is 3. The van der Waals surface area contributed by atoms with Gasteiger partial charge in [0.15, 0.2) is 0 Å². The maximum absolute atomic E-state index is 13.2. The van der Waals surface area contributed by atoms with Crippen molar-refractivity contribution in [2.45, 2.75) is 42.4 Å². The molecule has 5 rings (SSSR count). The van der Waals surface area contributed by atoms with Crippen molar-refractivity contribution < 1.29 is 36.3 Å². The SMILES string of the molecule is N#C[C@@H]1CCCN1C(=O)[C@@H](N)Cc1c[nH]c2ccc(NS(=O)(=O)c3cccc4ccccc34)cc12.O=C(O)C(F)(F)F. The van der Waals surface area contributed by atoms with Crippen molar-refractivity contribution in [3.05, 3.63) is 72.4 Å². The van der Waals surface area contributed by atoms with Crippen LogP contribution in [0, 0.1) is 11.3 Å². The zero-order valence-electron chi connectivity index (χ0n) is 21.9. The number of alkyl halides is 3. The molecule has 220 valence electrons. The van der Waals surface area contributed by atoms with Crippen molar-refractivity contribution in [2.75, 3.05) is 11.3 Å². The van der Waals surface area contributed by atoms with Crippen LogP contribution in [0.15, 0.2) is 71.8 Å². The summed E-state index contributed by atoms with van der Waals surface area (Å²) in [6.45, 7) is 0.540. The number of carboxylic acid groups (broad SMARTS) is 1. The molecule has 0 bridgehead atoms. The molecule has 2 atom stereocenters. The van der Waals surface area contributed by atoms with E-state index in [1.165, 1.54) is 0 Å². The number of H-pyrrole nitrogens is 1. The highest BCUT2D eigenvalue weighted by atomic mass is 32.2. The van der Waals surface area contributed by atoms with Crippen molar-refractivity contribution in [1.82, 2.24) is 9.88 Å². The number of sulfonamides is 1. The molecule has 0 aliphatic carbocycles. The summed E-state index contributed by atoms with van der Waals surface area (Å²) >= 11 is 0. The summed E-state index contributed by atoms with van der Waals surface area (Å²) < 4.78 is 60.9. The van der Waals surface area contributed by atoms with Gasteiger partial charge in [-0.15, -0.1) is 0 Å². The number of likely N-dealkylation sites (tertiary alicyclic amines) is 1. The van der Waals surface area contributed by atoms with Gasteiger partial charge in [0.25, 0.3) is 10.0 Å². The number of nitriles is 1. The predicted octanol–water partition coefficient (Wildman–Crippen LogP) is 4.14. The molecule has 1 saturated heterocycles. The third kappa shape index (κ3) is 6.64. The van der Waals surface area contributed by atoms with Gasteiger partial charge in [0.05, 0.1) is 17.0 Å². The van der Waals surface area contributed by atoms with E-state index >= 15 is 0 Å². The highest BCUT2D eigenvalue weighted by molar-refractivity contribution is 7.93. The van der Waals surface area contributed by atoms with Crippen molar-refractivity contribution in [3.63, 3.8) is 0 Å². The molecule has 42 heavy (non-hydrogen) atoms. The smallest absolute Gasteiger partial charge is 0.475 e. The summed E-state index contributed by atoms with van der Waals surface area (Å²) in [7, 11) is -3.84. The minimum Gasteiger partial charge on any atom is -0.475 e. The lowest BCUT2D eigenvalue weighted by atomic mass is 10.0. The molecule has 5 N–H and O–H groups in total. The molecule has 1 aliphatic rings. The Labute approximate surface area is 238 Å². The molecule has 0 radical (unpaired) electrons. The summed E-state index contributed by atoms with van der Waals surface area (Å²) in [5.41, 5.74) is 8.27. The molecule has 0 unspecified atom stereocenters. The van der Waals surface area contributed by atoms with E-state index in [0.29, 0.717) is 24.0 Å². The van der Waals surface area contributed by atoms with E-state index in [9.17, 15) is 31.6 Å². The topological polar surface area (TPSA) is 169 Å². The lowest BCUT2D eigenvalue weighted by Gasteiger charge is -2.23. The van der Waals surface area contributed by atoms with Gasteiger partial charge in [-0.1, -0.05) is 36.4 Å². The lowest BCUT2D eigenvalue weighted by Crippen LogP contribution is -2.46. The summed E-state index contributed by atoms with van der Waals surface area (Å²) in [6.07, 6.45) is -1.56. The molecule has 1 fully saturated rings. The number of aliphatic carboxylic acids is 1. The minimum atomic E-state index is -5.08. The predicted molar refractivity (Wildman–Crippen MR) is 149 cm³/mol. The van der Waals surface area contributed by atoms with Gasteiger partial charge < -0.3 is 20.7 Å². The first-order chi connectivity index (χ1) is 19.8. The molecule has 14 heteroatoms. The van der Waals surface area contributed by atoms with Crippen LogP contribution in [0.25, 0.3) is 21.7 Å². The zero-order valence-corrected chi connectivity index (χ0v) is 22.7. The fourth-order valence-electron chi connectivity index (χ4n) is 4.75. The number of hydrogen-bond donors (Lipinski definition) is 4. The number of fused-ring (bicyclic) bond motifs is 2. The number of benzene rings is 3. The fraction of sp³-hybridized carbons (Fsp3) is 0.250. The van der Waals surface area contributed by atoms with Crippen LogP contribution in [-0.2, 0) is 26.0 Å². The standard InChI is InChI=1S/C26H25N5O3S.C2HF3O2/c27-15-20-7-4-12-31(20)26(32)23(28)13-18-16-29-24-11-10-19(14-22(18)24)30-35(33,34)25-9-3-6-17-5-1-2-8-21(17)25;3-2(4,5)1(6)7/h1-3,5-6,8-11,14,16,20,23,29-30H,4,7,12-13,28H2;(H,6,7)/t20-,23-;/m0./s1. The number of carbonyl (C=O) groups is 2. The number of aromatic nitrogens is 1. The Morgan fingerprint density at radius 1 is 1.14 bits per heavy atom. The highest BCUT2D eigenvalue weighted by Gasteiger charge is 2.38. The normalized spacial score (nSPS) is 16.0. The van der Waals surface area contributed by atoms with E-state index in [-0.39, 0.29) is 17.2 Å². The monoisotopic (exact) mass is 601 g/mol. The van der Waals surface area contributed by atoms with E-state index in [1.54, 1.807) is 47.5 Å². The maximum Gasteiger partial charge on any atom is 0.490 e. The molecular formula is C28H26F3N5O5S. The molecule has 1 amide bonds. The van der Waals surface area contributed by atoms with Crippen LogP contribution in [0.2, 0.25) is 0 Å². The molecule has 0 saturated carbocycles. The van der Waals surface area contributed by atoms with E-state index < -0.39 is 34.3 Å². The first kappa shape index (κ1) is 30.4. The molecule has 4 aromatic rings. The van der Waals surface area contributed by atoms with Gasteiger partial charge in [-0.05, 0) is 54.5 Å². The number of nitrogens with zero attached hydrogens (tertiary/aromatic N) is 2. The van der Waals surface area contributed by atoms with Crippen molar-refractivity contribution in [2.24, 2.45) is 5.73 Å². The van der Waals surface area contributed by atoms with E-state index in [4.69, 9.17) is 15.6 Å². The van der Waals surface area contributed by atoms with Crippen LogP contribution in [0.4, 0.5) is 18.9 Å². The summed E-state index contributed by atoms with van der Waals surface area (Å²) in [5.74, 6) is -3.00. The van der Waals surface area contributed by atoms with Gasteiger partial charge in [-0.3, -0.25) is 9.52 Å². The first-order valence-electron chi connectivity index (χ1n) is 12.7. The Morgan fingerprint density at radius 2 is 1.83 bits per heavy atom. The van der Waals surface area contributed by atoms with Crippen molar-refractivity contribution in [3.8, 4) is 6.07 Å². The second-order valence-corrected chi connectivity index (χ2v) is 11.2. The van der Waals surface area contributed by atoms with E-state index in [2.05, 4.69) is 15.8 Å². The molecule has 3 aromatic carbocycles. The summed E-state index contributed by atoms with van der Waals surface area (Å²) in [5, 5.41) is 18.7. The van der Waals surface area contributed by atoms with Crippen LogP contribution in [0.3, 0.4) is 0 Å². The zero-order chi connectivity index (χ0) is 30.7. The third-order valence-electron chi connectivity index (χ3n) is 6.74. The Balaban J connectivity index is 0.000000517. The van der Waals surface area contributed by atoms with Gasteiger partial charge in [0, 0.05) is 34.7 Å². The number of amides is 1. The van der Waals surface area contributed by atoms with Crippen LogP contribution < -0.4 is 10.5 Å².